The van der Waals surface area contributed by atoms with E-state index in [1.807, 2.05) is 20.8 Å². The molecule has 34 heavy (non-hydrogen) atoms. The lowest BCUT2D eigenvalue weighted by Gasteiger charge is -2.33. The van der Waals surface area contributed by atoms with Crippen LogP contribution in [-0.2, 0) is 26.2 Å². The number of benzene rings is 2. The predicted octanol–water partition coefficient (Wildman–Crippen LogP) is 4.40. The topological polar surface area (TPSA) is 86.8 Å². The molecular formula is C24H31Cl2N3O4S. The van der Waals surface area contributed by atoms with Crippen LogP contribution in [0.5, 0.6) is 0 Å². The van der Waals surface area contributed by atoms with Crippen molar-refractivity contribution in [2.45, 2.75) is 52.7 Å². The standard InChI is InChI=1S/C24H31Cl2N3O4S/c1-16-20(26)11-8-12-21(16)29(34(6,32)33)15-22(30)28(14-18-9-7-10-19(25)13-18)17(2)23(31)27-24(3,4)5/h7-13,17H,14-15H2,1-6H3,(H,27,31)/t17-/m0/s1. The average molecular weight is 529 g/mol. The summed E-state index contributed by atoms with van der Waals surface area (Å²) in [4.78, 5) is 27.8. The number of sulfonamides is 1. The van der Waals surface area contributed by atoms with E-state index in [2.05, 4.69) is 5.32 Å². The zero-order valence-corrected chi connectivity index (χ0v) is 22.6. The Balaban J connectivity index is 2.45. The number of rotatable bonds is 8. The number of amides is 2. The van der Waals surface area contributed by atoms with Crippen molar-refractivity contribution < 1.29 is 18.0 Å². The highest BCUT2D eigenvalue weighted by atomic mass is 35.5. The highest BCUT2D eigenvalue weighted by Crippen LogP contribution is 2.28. The molecule has 1 atom stereocenters. The minimum absolute atomic E-state index is 0.0737. The molecule has 186 valence electrons. The number of nitrogens with one attached hydrogen (secondary N) is 1. The molecule has 2 aromatic rings. The lowest BCUT2D eigenvalue weighted by molar-refractivity contribution is -0.140. The summed E-state index contributed by atoms with van der Waals surface area (Å²) in [5.74, 6) is -0.894. The summed E-state index contributed by atoms with van der Waals surface area (Å²) in [6.45, 7) is 8.40. The number of hydrogen-bond acceptors (Lipinski definition) is 4. The first kappa shape index (κ1) is 28.0. The molecule has 0 saturated heterocycles. The number of carbonyl (C=O) groups is 2. The first-order valence-electron chi connectivity index (χ1n) is 10.7. The first-order valence-corrected chi connectivity index (χ1v) is 13.3. The Kier molecular flexibility index (Phi) is 9.02. The van der Waals surface area contributed by atoms with Gasteiger partial charge < -0.3 is 10.2 Å². The van der Waals surface area contributed by atoms with Crippen LogP contribution in [0.25, 0.3) is 0 Å². The minimum Gasteiger partial charge on any atom is -0.350 e. The molecule has 0 radical (unpaired) electrons. The van der Waals surface area contributed by atoms with Gasteiger partial charge in [-0.1, -0.05) is 41.4 Å². The van der Waals surface area contributed by atoms with Crippen LogP contribution in [0.2, 0.25) is 10.0 Å². The molecule has 2 rings (SSSR count). The van der Waals surface area contributed by atoms with Crippen molar-refractivity contribution in [3.63, 3.8) is 0 Å². The van der Waals surface area contributed by atoms with Crippen LogP contribution in [0.4, 0.5) is 5.69 Å². The van der Waals surface area contributed by atoms with Gasteiger partial charge in [-0.2, -0.15) is 0 Å². The molecule has 0 aromatic heterocycles. The van der Waals surface area contributed by atoms with Crippen molar-refractivity contribution in [2.24, 2.45) is 0 Å². The monoisotopic (exact) mass is 527 g/mol. The second kappa shape index (κ2) is 11.0. The molecule has 1 N–H and O–H groups in total. The molecule has 0 aliphatic rings. The Morgan fingerprint density at radius 2 is 1.71 bits per heavy atom. The molecule has 10 heteroatoms. The van der Waals surface area contributed by atoms with Crippen LogP contribution >= 0.6 is 23.2 Å². The first-order chi connectivity index (χ1) is 15.6. The predicted molar refractivity (Wildman–Crippen MR) is 138 cm³/mol. The summed E-state index contributed by atoms with van der Waals surface area (Å²) in [6, 6.07) is 10.9. The number of nitrogens with zero attached hydrogens (tertiary/aromatic N) is 2. The number of halogens is 2. The van der Waals surface area contributed by atoms with Crippen molar-refractivity contribution in [3.05, 3.63) is 63.6 Å². The van der Waals surface area contributed by atoms with Crippen LogP contribution in [0.1, 0.15) is 38.8 Å². The summed E-state index contributed by atoms with van der Waals surface area (Å²) in [7, 11) is -3.83. The van der Waals surface area contributed by atoms with E-state index in [-0.39, 0.29) is 12.5 Å². The van der Waals surface area contributed by atoms with Gasteiger partial charge in [-0.05, 0) is 70.0 Å². The maximum atomic E-state index is 13.5. The zero-order chi connectivity index (χ0) is 25.8. The maximum Gasteiger partial charge on any atom is 0.244 e. The average Bonchev–Trinajstić information content (AvgIpc) is 2.70. The Morgan fingerprint density at radius 1 is 1.09 bits per heavy atom. The van der Waals surface area contributed by atoms with Crippen molar-refractivity contribution >= 4 is 50.7 Å². The SMILES string of the molecule is Cc1c(Cl)cccc1N(CC(=O)N(Cc1cccc(Cl)c1)[C@@H](C)C(=O)NC(C)(C)C)S(C)(=O)=O. The molecule has 7 nitrogen and oxygen atoms in total. The third kappa shape index (κ3) is 7.61. The Labute approximate surface area is 212 Å². The fourth-order valence-corrected chi connectivity index (χ4v) is 4.63. The van der Waals surface area contributed by atoms with Crippen molar-refractivity contribution in [3.8, 4) is 0 Å². The highest BCUT2D eigenvalue weighted by Gasteiger charge is 2.32. The van der Waals surface area contributed by atoms with Gasteiger partial charge in [0.05, 0.1) is 11.9 Å². The van der Waals surface area contributed by atoms with Gasteiger partial charge in [-0.25, -0.2) is 8.42 Å². The van der Waals surface area contributed by atoms with E-state index in [1.54, 1.807) is 56.3 Å². The molecular weight excluding hydrogens is 497 g/mol. The van der Waals surface area contributed by atoms with E-state index in [0.29, 0.717) is 26.9 Å². The molecule has 2 aromatic carbocycles. The van der Waals surface area contributed by atoms with Gasteiger partial charge in [0.1, 0.15) is 12.6 Å². The van der Waals surface area contributed by atoms with E-state index < -0.39 is 34.1 Å². The van der Waals surface area contributed by atoms with Crippen LogP contribution in [0.15, 0.2) is 42.5 Å². The zero-order valence-electron chi connectivity index (χ0n) is 20.2. The molecule has 0 spiro atoms. The fraction of sp³-hybridized carbons (Fsp3) is 0.417. The summed E-state index contributed by atoms with van der Waals surface area (Å²) in [6.07, 6.45) is 1.03. The van der Waals surface area contributed by atoms with E-state index in [0.717, 1.165) is 10.6 Å². The lowest BCUT2D eigenvalue weighted by Crippen LogP contribution is -2.54. The summed E-state index contributed by atoms with van der Waals surface area (Å²) < 4.78 is 26.3. The number of hydrogen-bond donors (Lipinski definition) is 1. The Bertz CT molecular complexity index is 1160. The van der Waals surface area contributed by atoms with E-state index >= 15 is 0 Å². The minimum atomic E-state index is -3.83. The maximum absolute atomic E-state index is 13.5. The number of carbonyl (C=O) groups excluding carboxylic acids is 2. The molecule has 0 fully saturated rings. The smallest absolute Gasteiger partial charge is 0.244 e. The van der Waals surface area contributed by atoms with Crippen molar-refractivity contribution in [2.75, 3.05) is 17.1 Å². The van der Waals surface area contributed by atoms with E-state index in [4.69, 9.17) is 23.2 Å². The molecule has 0 heterocycles. The second-order valence-electron chi connectivity index (χ2n) is 9.22. The van der Waals surface area contributed by atoms with Crippen LogP contribution < -0.4 is 9.62 Å². The van der Waals surface area contributed by atoms with Crippen LogP contribution in [0, 0.1) is 6.92 Å². The van der Waals surface area contributed by atoms with Crippen molar-refractivity contribution in [1.29, 1.82) is 0 Å². The Hall–Kier alpha value is -2.29. The van der Waals surface area contributed by atoms with Gasteiger partial charge in [0.25, 0.3) is 0 Å². The van der Waals surface area contributed by atoms with Crippen LogP contribution in [-0.4, -0.2) is 49.5 Å². The normalized spacial score (nSPS) is 12.7. The molecule has 2 amide bonds. The quantitative estimate of drug-likeness (QED) is 0.551. The Morgan fingerprint density at radius 3 is 2.26 bits per heavy atom. The largest absolute Gasteiger partial charge is 0.350 e. The fourth-order valence-electron chi connectivity index (χ4n) is 3.35. The molecule has 0 bridgehead atoms. The van der Waals surface area contributed by atoms with Gasteiger partial charge in [0.2, 0.25) is 21.8 Å². The van der Waals surface area contributed by atoms with Crippen molar-refractivity contribution in [1.82, 2.24) is 10.2 Å². The number of anilines is 1. The van der Waals surface area contributed by atoms with Gasteiger partial charge in [0.15, 0.2) is 0 Å². The van der Waals surface area contributed by atoms with Crippen LogP contribution in [0.3, 0.4) is 0 Å². The van der Waals surface area contributed by atoms with Gasteiger partial charge in [-0.3, -0.25) is 13.9 Å². The van der Waals surface area contributed by atoms with Gasteiger partial charge >= 0.3 is 0 Å². The highest BCUT2D eigenvalue weighted by molar-refractivity contribution is 7.92. The molecule has 0 saturated carbocycles. The van der Waals surface area contributed by atoms with E-state index in [1.165, 1.54) is 4.90 Å². The summed E-state index contributed by atoms with van der Waals surface area (Å²) in [5, 5.41) is 3.75. The molecule has 0 aliphatic heterocycles. The van der Waals surface area contributed by atoms with Gasteiger partial charge in [-0.15, -0.1) is 0 Å². The van der Waals surface area contributed by atoms with E-state index in [9.17, 15) is 18.0 Å². The van der Waals surface area contributed by atoms with Gasteiger partial charge in [0, 0.05) is 22.1 Å². The third-order valence-electron chi connectivity index (χ3n) is 5.09. The second-order valence-corrected chi connectivity index (χ2v) is 12.0. The summed E-state index contributed by atoms with van der Waals surface area (Å²) >= 11 is 12.3. The molecule has 0 aliphatic carbocycles. The lowest BCUT2D eigenvalue weighted by atomic mass is 10.1. The summed E-state index contributed by atoms with van der Waals surface area (Å²) in [5.41, 5.74) is 1.04. The third-order valence-corrected chi connectivity index (χ3v) is 6.87. The molecule has 0 unspecified atom stereocenters.